The van der Waals surface area contributed by atoms with Gasteiger partial charge in [0.05, 0.1) is 5.92 Å². The third-order valence-corrected chi connectivity index (χ3v) is 5.35. The molecule has 3 rings (SSSR count). The molecule has 2 atom stereocenters. The fourth-order valence-electron chi connectivity index (χ4n) is 3.88. The van der Waals surface area contributed by atoms with Crippen molar-refractivity contribution in [3.63, 3.8) is 0 Å². The van der Waals surface area contributed by atoms with E-state index in [2.05, 4.69) is 29.2 Å². The lowest BCUT2D eigenvalue weighted by molar-refractivity contribution is -0.135. The first-order valence-corrected chi connectivity index (χ1v) is 9.28. The van der Waals surface area contributed by atoms with Gasteiger partial charge < -0.3 is 14.7 Å². The van der Waals surface area contributed by atoms with Crippen molar-refractivity contribution in [2.45, 2.75) is 19.3 Å². The molecule has 25 heavy (non-hydrogen) atoms. The molecule has 0 spiro atoms. The Labute approximate surface area is 150 Å². The van der Waals surface area contributed by atoms with Crippen molar-refractivity contribution >= 4 is 11.8 Å². The van der Waals surface area contributed by atoms with Crippen molar-refractivity contribution in [3.05, 3.63) is 35.9 Å². The van der Waals surface area contributed by atoms with Crippen LogP contribution in [-0.4, -0.2) is 73.3 Å². The van der Waals surface area contributed by atoms with Crippen LogP contribution in [-0.2, 0) is 16.0 Å². The predicted molar refractivity (Wildman–Crippen MR) is 98.1 cm³/mol. The van der Waals surface area contributed by atoms with E-state index in [-0.39, 0.29) is 17.7 Å². The molecule has 2 aliphatic heterocycles. The van der Waals surface area contributed by atoms with Crippen molar-refractivity contribution in [2.75, 3.05) is 46.8 Å². The van der Waals surface area contributed by atoms with E-state index < -0.39 is 0 Å². The van der Waals surface area contributed by atoms with Crippen LogP contribution in [0.15, 0.2) is 30.3 Å². The smallest absolute Gasteiger partial charge is 0.228 e. The highest BCUT2D eigenvalue weighted by Crippen LogP contribution is 2.26. The summed E-state index contributed by atoms with van der Waals surface area (Å²) in [7, 11) is 4.00. The second-order valence-corrected chi connectivity index (χ2v) is 7.67. The largest absolute Gasteiger partial charge is 0.342 e. The van der Waals surface area contributed by atoms with Crippen LogP contribution < -0.4 is 0 Å². The first-order valence-electron chi connectivity index (χ1n) is 9.28. The normalized spacial score (nSPS) is 23.7. The molecule has 2 saturated heterocycles. The Kier molecular flexibility index (Phi) is 5.74. The predicted octanol–water partition coefficient (Wildman–Crippen LogP) is 1.49. The highest BCUT2D eigenvalue weighted by Gasteiger charge is 2.38. The molecule has 0 radical (unpaired) electrons. The van der Waals surface area contributed by atoms with Gasteiger partial charge in [-0.15, -0.1) is 0 Å². The molecule has 2 unspecified atom stereocenters. The molecule has 0 N–H and O–H groups in total. The Hall–Kier alpha value is -1.88. The van der Waals surface area contributed by atoms with E-state index in [0.717, 1.165) is 32.5 Å². The van der Waals surface area contributed by atoms with Gasteiger partial charge in [-0.2, -0.15) is 0 Å². The number of amides is 2. The van der Waals surface area contributed by atoms with Gasteiger partial charge in [-0.05, 0) is 38.4 Å². The molecular formula is C20H29N3O2. The van der Waals surface area contributed by atoms with Gasteiger partial charge in [-0.1, -0.05) is 30.3 Å². The van der Waals surface area contributed by atoms with E-state index in [1.165, 1.54) is 5.56 Å². The molecular weight excluding hydrogens is 314 g/mol. The molecule has 5 nitrogen and oxygen atoms in total. The number of nitrogens with zero attached hydrogens (tertiary/aromatic N) is 3. The van der Waals surface area contributed by atoms with Crippen LogP contribution in [0.3, 0.4) is 0 Å². The molecule has 0 aromatic heterocycles. The van der Waals surface area contributed by atoms with Crippen molar-refractivity contribution in [1.29, 1.82) is 0 Å². The lowest BCUT2D eigenvalue weighted by atomic mass is 9.99. The van der Waals surface area contributed by atoms with Crippen LogP contribution in [0.4, 0.5) is 0 Å². The van der Waals surface area contributed by atoms with Crippen molar-refractivity contribution in [3.8, 4) is 0 Å². The van der Waals surface area contributed by atoms with Gasteiger partial charge in [0, 0.05) is 39.1 Å². The van der Waals surface area contributed by atoms with Crippen LogP contribution in [0, 0.1) is 11.8 Å². The van der Waals surface area contributed by atoms with E-state index in [4.69, 9.17) is 0 Å². The van der Waals surface area contributed by atoms with E-state index in [1.807, 2.05) is 30.0 Å². The highest BCUT2D eigenvalue weighted by molar-refractivity contribution is 5.89. The van der Waals surface area contributed by atoms with Gasteiger partial charge in [0.25, 0.3) is 0 Å². The molecule has 0 aliphatic carbocycles. The Balaban J connectivity index is 1.50. The lowest BCUT2D eigenvalue weighted by Gasteiger charge is -2.22. The zero-order valence-electron chi connectivity index (χ0n) is 15.4. The molecule has 0 bridgehead atoms. The lowest BCUT2D eigenvalue weighted by Crippen LogP contribution is -2.37. The van der Waals surface area contributed by atoms with E-state index in [0.29, 0.717) is 25.4 Å². The van der Waals surface area contributed by atoms with Crippen molar-refractivity contribution in [2.24, 2.45) is 11.8 Å². The molecule has 1 aromatic carbocycles. The number of likely N-dealkylation sites (N-methyl/N-ethyl adjacent to an activating group) is 1. The molecule has 2 aliphatic rings. The summed E-state index contributed by atoms with van der Waals surface area (Å²) in [6, 6.07) is 10.5. The van der Waals surface area contributed by atoms with Crippen LogP contribution in [0.2, 0.25) is 0 Å². The van der Waals surface area contributed by atoms with E-state index in [9.17, 15) is 9.59 Å². The maximum atomic E-state index is 12.8. The number of carbonyl (C=O) groups excluding carboxylic acids is 2. The summed E-state index contributed by atoms with van der Waals surface area (Å²) in [5.41, 5.74) is 1.34. The second-order valence-electron chi connectivity index (χ2n) is 7.67. The summed E-state index contributed by atoms with van der Waals surface area (Å²) >= 11 is 0. The first-order chi connectivity index (χ1) is 12.0. The van der Waals surface area contributed by atoms with Crippen LogP contribution in [0.1, 0.15) is 18.4 Å². The number of carbonyl (C=O) groups is 2. The van der Waals surface area contributed by atoms with Gasteiger partial charge in [0.1, 0.15) is 0 Å². The monoisotopic (exact) mass is 343 g/mol. The minimum absolute atomic E-state index is 0.125. The maximum Gasteiger partial charge on any atom is 0.228 e. The summed E-state index contributed by atoms with van der Waals surface area (Å²) in [6.07, 6.45) is 2.47. The van der Waals surface area contributed by atoms with Crippen molar-refractivity contribution < 1.29 is 9.59 Å². The third-order valence-electron chi connectivity index (χ3n) is 5.35. The van der Waals surface area contributed by atoms with Crippen molar-refractivity contribution in [1.82, 2.24) is 14.7 Å². The number of benzene rings is 1. The first kappa shape index (κ1) is 17.9. The quantitative estimate of drug-likeness (QED) is 0.786. The van der Waals surface area contributed by atoms with Crippen LogP contribution in [0.5, 0.6) is 0 Å². The van der Waals surface area contributed by atoms with Crippen LogP contribution >= 0.6 is 0 Å². The number of rotatable bonds is 6. The standard InChI is InChI=1S/C20H29N3O2/c1-21(2)10-11-22-15-18(13-19(22)24)20(25)23-9-8-17(14-23)12-16-6-4-3-5-7-16/h3-7,17-18H,8-15H2,1-2H3. The topological polar surface area (TPSA) is 43.9 Å². The Morgan fingerprint density at radius 3 is 2.68 bits per heavy atom. The molecule has 2 heterocycles. The van der Waals surface area contributed by atoms with E-state index >= 15 is 0 Å². The SMILES string of the molecule is CN(C)CCN1CC(C(=O)N2CCC(Cc3ccccc3)C2)CC1=O. The third kappa shape index (κ3) is 4.60. The average Bonchev–Trinajstić information content (AvgIpc) is 3.20. The van der Waals surface area contributed by atoms with Gasteiger partial charge in [0.15, 0.2) is 0 Å². The Morgan fingerprint density at radius 1 is 1.20 bits per heavy atom. The van der Waals surface area contributed by atoms with Gasteiger partial charge in [-0.3, -0.25) is 9.59 Å². The van der Waals surface area contributed by atoms with Crippen LogP contribution in [0.25, 0.3) is 0 Å². The second kappa shape index (κ2) is 8.00. The fraction of sp³-hybridized carbons (Fsp3) is 0.600. The Morgan fingerprint density at radius 2 is 1.96 bits per heavy atom. The summed E-state index contributed by atoms with van der Waals surface area (Å²) in [4.78, 5) is 30.9. The summed E-state index contributed by atoms with van der Waals surface area (Å²) in [6.45, 7) is 3.81. The zero-order chi connectivity index (χ0) is 17.8. The number of likely N-dealkylation sites (tertiary alicyclic amines) is 2. The molecule has 1 aromatic rings. The molecule has 2 amide bonds. The summed E-state index contributed by atoms with van der Waals surface area (Å²) < 4.78 is 0. The minimum atomic E-state index is -0.148. The summed E-state index contributed by atoms with van der Waals surface area (Å²) in [5.74, 6) is 0.690. The molecule has 136 valence electrons. The molecule has 0 saturated carbocycles. The molecule has 2 fully saturated rings. The minimum Gasteiger partial charge on any atom is -0.342 e. The average molecular weight is 343 g/mol. The number of hydrogen-bond donors (Lipinski definition) is 0. The van der Waals surface area contributed by atoms with Gasteiger partial charge >= 0.3 is 0 Å². The highest BCUT2D eigenvalue weighted by atomic mass is 16.2. The zero-order valence-corrected chi connectivity index (χ0v) is 15.4. The van der Waals surface area contributed by atoms with Gasteiger partial charge in [0.2, 0.25) is 11.8 Å². The number of hydrogen-bond acceptors (Lipinski definition) is 3. The fourth-order valence-corrected chi connectivity index (χ4v) is 3.88. The Bertz CT molecular complexity index is 602. The maximum absolute atomic E-state index is 12.8. The molecule has 5 heteroatoms. The van der Waals surface area contributed by atoms with Gasteiger partial charge in [-0.25, -0.2) is 0 Å². The summed E-state index contributed by atoms with van der Waals surface area (Å²) in [5, 5.41) is 0. The van der Waals surface area contributed by atoms with E-state index in [1.54, 1.807) is 0 Å².